The Morgan fingerprint density at radius 3 is 2.91 bits per heavy atom. The minimum Gasteiger partial charge on any atom is -0.451 e. The van der Waals surface area contributed by atoms with Crippen LogP contribution < -0.4 is 5.32 Å². The van der Waals surface area contributed by atoms with Gasteiger partial charge in [-0.2, -0.15) is 5.10 Å². The van der Waals surface area contributed by atoms with Crippen molar-refractivity contribution in [3.8, 4) is 0 Å². The summed E-state index contributed by atoms with van der Waals surface area (Å²) in [7, 11) is 1.94. The Kier molecular flexibility index (Phi) is 3.65. The lowest BCUT2D eigenvalue weighted by atomic mass is 9.92. The van der Waals surface area contributed by atoms with E-state index in [2.05, 4.69) is 20.3 Å². The van der Waals surface area contributed by atoms with Crippen molar-refractivity contribution in [3.05, 3.63) is 36.3 Å². The molecule has 2 aromatic heterocycles. The van der Waals surface area contributed by atoms with Crippen LogP contribution in [0.15, 0.2) is 29.3 Å². The molecular weight excluding hydrogens is 294 g/mol. The van der Waals surface area contributed by atoms with Gasteiger partial charge in [0.25, 0.3) is 0 Å². The molecule has 0 spiro atoms. The summed E-state index contributed by atoms with van der Waals surface area (Å²) in [5, 5.41) is 7.86. The molecular formula is C16H21N5O2. The highest BCUT2D eigenvalue weighted by atomic mass is 16.3. The molecule has 1 aliphatic heterocycles. The smallest absolute Gasteiger partial charge is 0.223 e. The molecule has 4 rings (SSSR count). The zero-order valence-electron chi connectivity index (χ0n) is 13.2. The second-order valence-corrected chi connectivity index (χ2v) is 6.36. The fraction of sp³-hybridized carbons (Fsp3) is 0.562. The third-order valence-electron chi connectivity index (χ3n) is 4.77. The number of aryl methyl sites for hydroxylation is 1. The summed E-state index contributed by atoms with van der Waals surface area (Å²) in [6.07, 6.45) is 8.53. The standard InChI is InChI=1S/C16H21N5O2/c1-20-14(6-7-19-20)16-13(17-8-11-9-23-10-18-11)4-5-15(22)21(16)12-2-3-12/h6-7,9-10,12-13,16-17H,2-5,8H2,1H3/t13-,16-/m1/s1. The lowest BCUT2D eigenvalue weighted by molar-refractivity contribution is -0.138. The fourth-order valence-corrected chi connectivity index (χ4v) is 3.50. The molecule has 0 aromatic carbocycles. The molecule has 0 radical (unpaired) electrons. The number of rotatable bonds is 5. The van der Waals surface area contributed by atoms with Crippen LogP contribution in [0.25, 0.3) is 0 Å². The van der Waals surface area contributed by atoms with Crippen LogP contribution in [-0.2, 0) is 18.4 Å². The van der Waals surface area contributed by atoms with Crippen molar-refractivity contribution < 1.29 is 9.21 Å². The van der Waals surface area contributed by atoms with Crippen molar-refractivity contribution >= 4 is 5.91 Å². The van der Waals surface area contributed by atoms with Crippen LogP contribution in [0.2, 0.25) is 0 Å². The summed E-state index contributed by atoms with van der Waals surface area (Å²) in [4.78, 5) is 18.8. The average Bonchev–Trinajstić information content (AvgIpc) is 3.07. The van der Waals surface area contributed by atoms with Gasteiger partial charge < -0.3 is 14.6 Å². The van der Waals surface area contributed by atoms with Gasteiger partial charge in [0, 0.05) is 38.3 Å². The molecule has 7 nitrogen and oxygen atoms in total. The van der Waals surface area contributed by atoms with E-state index in [1.807, 2.05) is 17.8 Å². The van der Waals surface area contributed by atoms with Crippen molar-refractivity contribution in [2.75, 3.05) is 0 Å². The highest BCUT2D eigenvalue weighted by molar-refractivity contribution is 5.78. The number of likely N-dealkylation sites (tertiary alicyclic amines) is 1. The maximum atomic E-state index is 12.5. The summed E-state index contributed by atoms with van der Waals surface area (Å²) >= 11 is 0. The molecule has 1 amide bonds. The van der Waals surface area contributed by atoms with Crippen molar-refractivity contribution in [3.63, 3.8) is 0 Å². The van der Waals surface area contributed by atoms with Crippen molar-refractivity contribution in [2.24, 2.45) is 7.05 Å². The topological polar surface area (TPSA) is 76.2 Å². The molecule has 2 aromatic rings. The van der Waals surface area contributed by atoms with Crippen molar-refractivity contribution in [1.29, 1.82) is 0 Å². The highest BCUT2D eigenvalue weighted by Gasteiger charge is 2.45. The van der Waals surface area contributed by atoms with Crippen LogP contribution >= 0.6 is 0 Å². The second-order valence-electron chi connectivity index (χ2n) is 6.36. The van der Waals surface area contributed by atoms with E-state index in [1.165, 1.54) is 6.39 Å². The van der Waals surface area contributed by atoms with Crippen LogP contribution in [0.4, 0.5) is 0 Å². The van der Waals surface area contributed by atoms with Crippen LogP contribution in [-0.4, -0.2) is 37.7 Å². The lowest BCUT2D eigenvalue weighted by Gasteiger charge is -2.41. The van der Waals surface area contributed by atoms with Gasteiger partial charge >= 0.3 is 0 Å². The predicted molar refractivity (Wildman–Crippen MR) is 82.2 cm³/mol. The highest BCUT2D eigenvalue weighted by Crippen LogP contribution is 2.40. The van der Waals surface area contributed by atoms with Crippen LogP contribution in [0.3, 0.4) is 0 Å². The lowest BCUT2D eigenvalue weighted by Crippen LogP contribution is -2.52. The van der Waals surface area contributed by atoms with E-state index in [4.69, 9.17) is 4.42 Å². The van der Waals surface area contributed by atoms with Gasteiger partial charge in [0.15, 0.2) is 6.39 Å². The normalized spacial score (nSPS) is 25.1. The van der Waals surface area contributed by atoms with Crippen LogP contribution in [0.5, 0.6) is 0 Å². The molecule has 2 aliphatic rings. The summed E-state index contributed by atoms with van der Waals surface area (Å²) in [5.74, 6) is 0.262. The summed E-state index contributed by atoms with van der Waals surface area (Å²) in [5.41, 5.74) is 1.96. The van der Waals surface area contributed by atoms with Gasteiger partial charge in [-0.05, 0) is 25.3 Å². The Bertz CT molecular complexity index is 676. The van der Waals surface area contributed by atoms with Gasteiger partial charge in [-0.3, -0.25) is 9.48 Å². The number of hydrogen-bond donors (Lipinski definition) is 1. The first-order valence-electron chi connectivity index (χ1n) is 8.13. The Morgan fingerprint density at radius 1 is 1.39 bits per heavy atom. The van der Waals surface area contributed by atoms with E-state index < -0.39 is 0 Å². The molecule has 1 N–H and O–H groups in total. The summed E-state index contributed by atoms with van der Waals surface area (Å²) < 4.78 is 6.91. The van der Waals surface area contributed by atoms with Gasteiger partial charge in [0.05, 0.1) is 17.4 Å². The third-order valence-corrected chi connectivity index (χ3v) is 4.77. The largest absolute Gasteiger partial charge is 0.451 e. The number of oxazole rings is 1. The quantitative estimate of drug-likeness (QED) is 0.902. The number of nitrogens with one attached hydrogen (secondary N) is 1. The number of nitrogens with zero attached hydrogens (tertiary/aromatic N) is 4. The minimum atomic E-state index is 0.0307. The molecule has 1 saturated heterocycles. The molecule has 122 valence electrons. The molecule has 2 fully saturated rings. The molecule has 2 atom stereocenters. The minimum absolute atomic E-state index is 0.0307. The van der Waals surface area contributed by atoms with Crippen LogP contribution in [0.1, 0.15) is 43.1 Å². The first kappa shape index (κ1) is 14.4. The van der Waals surface area contributed by atoms with Gasteiger partial charge in [0.1, 0.15) is 6.26 Å². The average molecular weight is 315 g/mol. The molecule has 1 aliphatic carbocycles. The van der Waals surface area contributed by atoms with Gasteiger partial charge in [-0.25, -0.2) is 4.98 Å². The monoisotopic (exact) mass is 315 g/mol. The Balaban J connectivity index is 1.60. The van der Waals surface area contributed by atoms with Gasteiger partial charge in [-0.1, -0.05) is 0 Å². The Hall–Kier alpha value is -2.15. The fourth-order valence-electron chi connectivity index (χ4n) is 3.50. The van der Waals surface area contributed by atoms with Gasteiger partial charge in [0.2, 0.25) is 5.91 Å². The first-order chi connectivity index (χ1) is 11.2. The number of carbonyl (C=O) groups excluding carboxylic acids is 1. The molecule has 1 saturated carbocycles. The van der Waals surface area contributed by atoms with E-state index in [1.54, 1.807) is 12.5 Å². The van der Waals surface area contributed by atoms with E-state index in [0.717, 1.165) is 30.7 Å². The Labute approximate surface area is 134 Å². The molecule has 3 heterocycles. The molecule has 23 heavy (non-hydrogen) atoms. The second kappa shape index (κ2) is 5.81. The number of amides is 1. The molecule has 0 unspecified atom stereocenters. The summed E-state index contributed by atoms with van der Waals surface area (Å²) in [6, 6.07) is 2.63. The predicted octanol–water partition coefficient (Wildman–Crippen LogP) is 1.39. The third kappa shape index (κ3) is 2.76. The van der Waals surface area contributed by atoms with E-state index in [9.17, 15) is 4.79 Å². The molecule has 7 heteroatoms. The van der Waals surface area contributed by atoms with E-state index in [-0.39, 0.29) is 18.0 Å². The van der Waals surface area contributed by atoms with E-state index >= 15 is 0 Å². The Morgan fingerprint density at radius 2 is 2.26 bits per heavy atom. The number of hydrogen-bond acceptors (Lipinski definition) is 5. The van der Waals surface area contributed by atoms with Crippen molar-refractivity contribution in [2.45, 2.75) is 50.4 Å². The first-order valence-corrected chi connectivity index (χ1v) is 8.13. The number of piperidine rings is 1. The maximum Gasteiger partial charge on any atom is 0.223 e. The van der Waals surface area contributed by atoms with Gasteiger partial charge in [-0.15, -0.1) is 0 Å². The van der Waals surface area contributed by atoms with E-state index in [0.29, 0.717) is 19.0 Å². The van der Waals surface area contributed by atoms with Crippen LogP contribution in [0, 0.1) is 0 Å². The maximum absolute atomic E-state index is 12.5. The van der Waals surface area contributed by atoms with Crippen molar-refractivity contribution in [1.82, 2.24) is 25.0 Å². The zero-order valence-corrected chi connectivity index (χ0v) is 13.2. The zero-order chi connectivity index (χ0) is 15.8. The number of carbonyl (C=O) groups is 1. The number of aromatic nitrogens is 3. The molecule has 0 bridgehead atoms. The SMILES string of the molecule is Cn1nccc1[C@H]1[C@H](NCc2cocn2)CCC(=O)N1C1CC1. The summed E-state index contributed by atoms with van der Waals surface area (Å²) in [6.45, 7) is 0.641.